The van der Waals surface area contributed by atoms with Crippen LogP contribution in [0.3, 0.4) is 0 Å². The van der Waals surface area contributed by atoms with E-state index in [1.807, 2.05) is 13.8 Å². The molecule has 0 amide bonds. The fourth-order valence-corrected chi connectivity index (χ4v) is 1.10. The van der Waals surface area contributed by atoms with Crippen molar-refractivity contribution in [3.8, 4) is 5.82 Å². The van der Waals surface area contributed by atoms with E-state index in [2.05, 4.69) is 20.1 Å². The van der Waals surface area contributed by atoms with Crippen molar-refractivity contribution in [1.29, 1.82) is 0 Å². The third-order valence-electron chi connectivity index (χ3n) is 1.88. The van der Waals surface area contributed by atoms with E-state index in [1.165, 1.54) is 17.1 Å². The van der Waals surface area contributed by atoms with Gasteiger partial charge in [-0.1, -0.05) is 13.8 Å². The first-order valence-corrected chi connectivity index (χ1v) is 4.56. The van der Waals surface area contributed by atoms with E-state index >= 15 is 0 Å². The highest BCUT2D eigenvalue weighted by atomic mass is 19.1. The summed E-state index contributed by atoms with van der Waals surface area (Å²) in [6, 6.07) is 1.21. The Labute approximate surface area is 86.0 Å². The Bertz CT molecular complexity index is 465. The summed E-state index contributed by atoms with van der Waals surface area (Å²) in [6.45, 7) is 3.97. The third-order valence-corrected chi connectivity index (χ3v) is 1.88. The van der Waals surface area contributed by atoms with Gasteiger partial charge in [0.15, 0.2) is 11.6 Å². The lowest BCUT2D eigenvalue weighted by molar-refractivity contribution is 0.575. The van der Waals surface area contributed by atoms with Gasteiger partial charge in [-0.05, 0) is 0 Å². The van der Waals surface area contributed by atoms with Gasteiger partial charge in [0.25, 0.3) is 0 Å². The van der Waals surface area contributed by atoms with Crippen molar-refractivity contribution >= 4 is 0 Å². The second-order valence-corrected chi connectivity index (χ2v) is 3.40. The zero-order valence-corrected chi connectivity index (χ0v) is 8.42. The second kappa shape index (κ2) is 3.72. The van der Waals surface area contributed by atoms with Crippen molar-refractivity contribution in [2.75, 3.05) is 0 Å². The Balaban J connectivity index is 2.37. The number of aromatic nitrogens is 5. The predicted molar refractivity (Wildman–Crippen MR) is 51.0 cm³/mol. The molecule has 2 rings (SSSR count). The molecule has 0 aliphatic rings. The van der Waals surface area contributed by atoms with Crippen LogP contribution < -0.4 is 0 Å². The van der Waals surface area contributed by atoms with Crippen molar-refractivity contribution in [3.05, 3.63) is 30.5 Å². The van der Waals surface area contributed by atoms with Gasteiger partial charge in [-0.3, -0.25) is 0 Å². The van der Waals surface area contributed by atoms with Gasteiger partial charge in [-0.2, -0.15) is 4.39 Å². The second-order valence-electron chi connectivity index (χ2n) is 3.40. The Morgan fingerprint density at radius 1 is 1.27 bits per heavy atom. The summed E-state index contributed by atoms with van der Waals surface area (Å²) in [5, 5.41) is 4.17. The maximum atomic E-state index is 12.8. The van der Waals surface area contributed by atoms with Crippen molar-refractivity contribution in [3.63, 3.8) is 0 Å². The van der Waals surface area contributed by atoms with Crippen molar-refractivity contribution < 1.29 is 4.39 Å². The third kappa shape index (κ3) is 1.98. The highest BCUT2D eigenvalue weighted by molar-refractivity contribution is 5.17. The largest absolute Gasteiger partial charge is 0.219 e. The Morgan fingerprint density at radius 3 is 2.67 bits per heavy atom. The molecule has 0 N–H and O–H groups in total. The van der Waals surface area contributed by atoms with Gasteiger partial charge in [0.2, 0.25) is 5.95 Å². The molecule has 2 heterocycles. The van der Waals surface area contributed by atoms with Gasteiger partial charge in [0.1, 0.15) is 12.7 Å². The van der Waals surface area contributed by atoms with Crippen LogP contribution in [0.2, 0.25) is 0 Å². The van der Waals surface area contributed by atoms with Gasteiger partial charge in [0.05, 0.1) is 0 Å². The average molecular weight is 207 g/mol. The summed E-state index contributed by atoms with van der Waals surface area (Å²) in [6.07, 6.45) is 2.67. The van der Waals surface area contributed by atoms with E-state index in [9.17, 15) is 4.39 Å². The van der Waals surface area contributed by atoms with Gasteiger partial charge in [-0.25, -0.2) is 19.6 Å². The minimum absolute atomic E-state index is 0.234. The maximum Gasteiger partial charge on any atom is 0.218 e. The first kappa shape index (κ1) is 9.70. The first-order chi connectivity index (χ1) is 7.16. The van der Waals surface area contributed by atoms with Crippen LogP contribution in [0.5, 0.6) is 0 Å². The molecule has 0 bridgehead atoms. The molecule has 0 atom stereocenters. The molecule has 0 aromatic carbocycles. The van der Waals surface area contributed by atoms with Crippen LogP contribution in [0.15, 0.2) is 18.7 Å². The minimum Gasteiger partial charge on any atom is -0.219 e. The molecule has 0 saturated heterocycles. The Morgan fingerprint density at radius 2 is 2.07 bits per heavy atom. The van der Waals surface area contributed by atoms with E-state index in [4.69, 9.17) is 0 Å². The molecule has 6 heteroatoms. The van der Waals surface area contributed by atoms with Crippen LogP contribution >= 0.6 is 0 Å². The van der Waals surface area contributed by atoms with E-state index < -0.39 is 5.95 Å². The molecular weight excluding hydrogens is 197 g/mol. The number of halogens is 1. The van der Waals surface area contributed by atoms with E-state index in [0.717, 1.165) is 6.33 Å². The summed E-state index contributed by atoms with van der Waals surface area (Å²) in [5.74, 6) is 0.732. The van der Waals surface area contributed by atoms with Crippen LogP contribution in [-0.4, -0.2) is 24.7 Å². The number of hydrogen-bond donors (Lipinski definition) is 0. The summed E-state index contributed by atoms with van der Waals surface area (Å²) >= 11 is 0. The molecule has 0 aliphatic heterocycles. The van der Waals surface area contributed by atoms with Crippen LogP contribution in [0.1, 0.15) is 25.6 Å². The van der Waals surface area contributed by atoms with Crippen LogP contribution in [0.25, 0.3) is 5.82 Å². The molecular formula is C9H10FN5. The predicted octanol–water partition coefficient (Wildman–Crippen LogP) is 1.32. The zero-order chi connectivity index (χ0) is 10.8. The fourth-order valence-electron chi connectivity index (χ4n) is 1.10. The lowest BCUT2D eigenvalue weighted by Gasteiger charge is -1.98. The summed E-state index contributed by atoms with van der Waals surface area (Å²) in [4.78, 5) is 11.4. The number of rotatable bonds is 2. The maximum absolute atomic E-state index is 12.8. The fraction of sp³-hybridized carbons (Fsp3) is 0.333. The Kier molecular flexibility index (Phi) is 2.40. The lowest BCUT2D eigenvalue weighted by atomic mass is 10.2. The van der Waals surface area contributed by atoms with E-state index in [1.54, 1.807) is 0 Å². The molecule has 0 spiro atoms. The highest BCUT2D eigenvalue weighted by Crippen LogP contribution is 2.09. The molecule has 0 aliphatic carbocycles. The van der Waals surface area contributed by atoms with Crippen molar-refractivity contribution in [2.45, 2.75) is 19.8 Å². The molecule has 2 aromatic heterocycles. The summed E-state index contributed by atoms with van der Waals surface area (Å²) in [5.41, 5.74) is 0. The molecule has 5 nitrogen and oxygen atoms in total. The minimum atomic E-state index is -0.582. The molecule has 78 valence electrons. The Hall–Kier alpha value is -1.85. The number of hydrogen-bond acceptors (Lipinski definition) is 4. The van der Waals surface area contributed by atoms with Gasteiger partial charge < -0.3 is 0 Å². The molecule has 0 saturated carbocycles. The summed E-state index contributed by atoms with van der Waals surface area (Å²) < 4.78 is 14.2. The first-order valence-electron chi connectivity index (χ1n) is 4.56. The molecule has 0 radical (unpaired) electrons. The number of nitrogens with zero attached hydrogens (tertiary/aromatic N) is 5. The highest BCUT2D eigenvalue weighted by Gasteiger charge is 2.07. The molecule has 2 aromatic rings. The monoisotopic (exact) mass is 207 g/mol. The molecule has 0 unspecified atom stereocenters. The van der Waals surface area contributed by atoms with Gasteiger partial charge in [-0.15, -0.1) is 5.10 Å². The molecule has 0 fully saturated rings. The summed E-state index contributed by atoms with van der Waals surface area (Å²) in [7, 11) is 0. The van der Waals surface area contributed by atoms with Crippen molar-refractivity contribution in [2.24, 2.45) is 0 Å². The standard InChI is InChI=1S/C9H10FN5/c1-6(2)9-13-5-15(14-9)8-3-7(10)11-4-12-8/h3-6H,1-2H3. The molecule has 15 heavy (non-hydrogen) atoms. The quantitative estimate of drug-likeness (QED) is 0.697. The topological polar surface area (TPSA) is 56.5 Å². The van der Waals surface area contributed by atoms with Crippen LogP contribution in [0.4, 0.5) is 4.39 Å². The van der Waals surface area contributed by atoms with Gasteiger partial charge >= 0.3 is 0 Å². The smallest absolute Gasteiger partial charge is 0.218 e. The van der Waals surface area contributed by atoms with Crippen molar-refractivity contribution in [1.82, 2.24) is 24.7 Å². The zero-order valence-electron chi connectivity index (χ0n) is 8.42. The van der Waals surface area contributed by atoms with Crippen LogP contribution in [0, 0.1) is 5.95 Å². The lowest BCUT2D eigenvalue weighted by Crippen LogP contribution is -2.01. The SMILES string of the molecule is CC(C)c1ncn(-c2cc(F)ncn2)n1. The van der Waals surface area contributed by atoms with Crippen LogP contribution in [-0.2, 0) is 0 Å². The van der Waals surface area contributed by atoms with E-state index in [0.29, 0.717) is 11.6 Å². The normalized spacial score (nSPS) is 10.9. The van der Waals surface area contributed by atoms with Gasteiger partial charge in [0, 0.05) is 12.0 Å². The van der Waals surface area contributed by atoms with E-state index in [-0.39, 0.29) is 5.92 Å². The average Bonchev–Trinajstić information content (AvgIpc) is 2.66.